The second kappa shape index (κ2) is 6.24. The zero-order chi connectivity index (χ0) is 15.5. The molecule has 0 amide bonds. The van der Waals surface area contributed by atoms with Crippen molar-refractivity contribution in [2.24, 2.45) is 0 Å². The summed E-state index contributed by atoms with van der Waals surface area (Å²) in [6.45, 7) is 1.79. The number of methoxy groups -OCH3 is 1. The lowest BCUT2D eigenvalue weighted by atomic mass is 10.0. The van der Waals surface area contributed by atoms with E-state index in [1.54, 1.807) is 25.1 Å². The highest BCUT2D eigenvalue weighted by molar-refractivity contribution is 5.78. The maximum atomic E-state index is 12.5. The van der Waals surface area contributed by atoms with Gasteiger partial charge in [-0.05, 0) is 38.0 Å². The van der Waals surface area contributed by atoms with Gasteiger partial charge in [0.2, 0.25) is 0 Å². The highest BCUT2D eigenvalue weighted by Crippen LogP contribution is 2.17. The average Bonchev–Trinajstić information content (AvgIpc) is 2.48. The number of aromatic nitrogens is 2. The van der Waals surface area contributed by atoms with Gasteiger partial charge in [0, 0.05) is 6.61 Å². The third-order valence-corrected chi connectivity index (χ3v) is 3.42. The second-order valence-electron chi connectivity index (χ2n) is 5.38. The molecule has 0 saturated carbocycles. The van der Waals surface area contributed by atoms with Gasteiger partial charge in [-0.2, -0.15) is 0 Å². The van der Waals surface area contributed by atoms with E-state index >= 15 is 0 Å². The maximum absolute atomic E-state index is 12.5. The fraction of sp³-hybridized carbons (Fsp3) is 0.467. The van der Waals surface area contributed by atoms with Gasteiger partial charge in [-0.25, -0.2) is 4.98 Å². The quantitative estimate of drug-likeness (QED) is 0.827. The topological polar surface area (TPSA) is 84.6 Å². The molecule has 2 aromatic rings. The van der Waals surface area contributed by atoms with Crippen molar-refractivity contribution in [1.82, 2.24) is 9.55 Å². The molecule has 0 fully saturated rings. The minimum Gasteiger partial charge on any atom is -0.497 e. The molecule has 1 heterocycles. The van der Waals surface area contributed by atoms with Gasteiger partial charge in [-0.1, -0.05) is 0 Å². The molecule has 2 rings (SSSR count). The van der Waals surface area contributed by atoms with E-state index in [0.717, 1.165) is 0 Å². The molecule has 0 aliphatic carbocycles. The molecule has 2 N–H and O–H groups in total. The Bertz CT molecular complexity index is 679. The number of aliphatic hydroxyl groups excluding tert-OH is 1. The van der Waals surface area contributed by atoms with Crippen LogP contribution in [0.3, 0.4) is 0 Å². The van der Waals surface area contributed by atoms with Crippen molar-refractivity contribution in [3.05, 3.63) is 34.9 Å². The van der Waals surface area contributed by atoms with Crippen LogP contribution in [0.25, 0.3) is 10.9 Å². The number of nitrogens with zero attached hydrogens (tertiary/aromatic N) is 2. The summed E-state index contributed by atoms with van der Waals surface area (Å²) in [4.78, 5) is 16.7. The molecule has 1 aromatic heterocycles. The van der Waals surface area contributed by atoms with Gasteiger partial charge in [0.1, 0.15) is 5.75 Å². The summed E-state index contributed by atoms with van der Waals surface area (Å²) < 4.78 is 6.51. The maximum Gasteiger partial charge on any atom is 0.261 e. The van der Waals surface area contributed by atoms with Crippen molar-refractivity contribution in [2.45, 2.75) is 31.9 Å². The first-order valence-electron chi connectivity index (χ1n) is 6.83. The van der Waals surface area contributed by atoms with E-state index in [1.807, 2.05) is 0 Å². The van der Waals surface area contributed by atoms with Crippen molar-refractivity contribution in [3.8, 4) is 5.75 Å². The predicted octanol–water partition coefficient (Wildman–Crippen LogP) is 0.929. The van der Waals surface area contributed by atoms with Crippen LogP contribution < -0.4 is 10.3 Å². The van der Waals surface area contributed by atoms with Crippen LogP contribution in [0, 0.1) is 0 Å². The monoisotopic (exact) mass is 292 g/mol. The minimum absolute atomic E-state index is 0.0121. The van der Waals surface area contributed by atoms with E-state index < -0.39 is 5.60 Å². The van der Waals surface area contributed by atoms with Crippen LogP contribution in [0.2, 0.25) is 0 Å². The first kappa shape index (κ1) is 15.5. The molecule has 1 atom stereocenters. The van der Waals surface area contributed by atoms with E-state index in [9.17, 15) is 9.90 Å². The van der Waals surface area contributed by atoms with E-state index in [1.165, 1.54) is 18.0 Å². The fourth-order valence-corrected chi connectivity index (χ4v) is 2.28. The Morgan fingerprint density at radius 3 is 2.86 bits per heavy atom. The zero-order valence-electron chi connectivity index (χ0n) is 12.2. The molecule has 0 saturated heterocycles. The lowest BCUT2D eigenvalue weighted by Crippen LogP contribution is -2.35. The molecule has 0 radical (unpaired) electrons. The minimum atomic E-state index is -1.07. The Kier molecular flexibility index (Phi) is 4.59. The highest BCUT2D eigenvalue weighted by atomic mass is 16.5. The molecule has 0 aliphatic rings. The van der Waals surface area contributed by atoms with Crippen molar-refractivity contribution in [3.63, 3.8) is 0 Å². The summed E-state index contributed by atoms with van der Waals surface area (Å²) in [6.07, 6.45) is 2.33. The smallest absolute Gasteiger partial charge is 0.261 e. The van der Waals surface area contributed by atoms with Crippen LogP contribution in [-0.4, -0.2) is 39.1 Å². The lowest BCUT2D eigenvalue weighted by Gasteiger charge is -2.23. The number of aliphatic hydroxyl groups is 2. The van der Waals surface area contributed by atoms with Gasteiger partial charge in [0.05, 0.1) is 36.5 Å². The van der Waals surface area contributed by atoms with Crippen molar-refractivity contribution >= 4 is 10.9 Å². The summed E-state index contributed by atoms with van der Waals surface area (Å²) >= 11 is 0. The third-order valence-electron chi connectivity index (χ3n) is 3.42. The largest absolute Gasteiger partial charge is 0.497 e. The Morgan fingerprint density at radius 1 is 1.43 bits per heavy atom. The molecule has 0 bridgehead atoms. The molecule has 1 aromatic carbocycles. The predicted molar refractivity (Wildman–Crippen MR) is 79.5 cm³/mol. The lowest BCUT2D eigenvalue weighted by molar-refractivity contribution is 0.0257. The molecular weight excluding hydrogens is 272 g/mol. The van der Waals surface area contributed by atoms with E-state index in [0.29, 0.717) is 29.5 Å². The van der Waals surface area contributed by atoms with Gasteiger partial charge in [-0.3, -0.25) is 9.36 Å². The molecule has 0 aliphatic heterocycles. The summed E-state index contributed by atoms with van der Waals surface area (Å²) in [5.74, 6) is 0.589. The molecular formula is C15H20N2O4. The van der Waals surface area contributed by atoms with Crippen molar-refractivity contribution in [2.75, 3.05) is 13.7 Å². The molecule has 0 spiro atoms. The van der Waals surface area contributed by atoms with Gasteiger partial charge < -0.3 is 14.9 Å². The molecule has 114 valence electrons. The summed E-state index contributed by atoms with van der Waals surface area (Å²) in [6, 6.07) is 5.12. The first-order chi connectivity index (χ1) is 9.96. The zero-order valence-corrected chi connectivity index (χ0v) is 12.2. The van der Waals surface area contributed by atoms with E-state index in [4.69, 9.17) is 9.84 Å². The number of fused-ring (bicyclic) bond motifs is 1. The summed E-state index contributed by atoms with van der Waals surface area (Å²) in [5.41, 5.74) is -0.698. The summed E-state index contributed by atoms with van der Waals surface area (Å²) in [5, 5.41) is 19.6. The Balaban J connectivity index is 2.37. The fourth-order valence-electron chi connectivity index (χ4n) is 2.28. The molecule has 21 heavy (non-hydrogen) atoms. The standard InChI is InChI=1S/C15H20N2O4/c1-15(20,6-3-7-18)9-17-10-16-13-5-4-11(21-2)8-12(13)14(17)19/h4-5,8,10,18,20H,3,6-7,9H2,1-2H3/t15-/m0/s1. The molecule has 6 nitrogen and oxygen atoms in total. The van der Waals surface area contributed by atoms with Crippen LogP contribution in [0.1, 0.15) is 19.8 Å². The van der Waals surface area contributed by atoms with E-state index in [-0.39, 0.29) is 18.7 Å². The van der Waals surface area contributed by atoms with Crippen molar-refractivity contribution < 1.29 is 14.9 Å². The third kappa shape index (κ3) is 3.59. The average molecular weight is 292 g/mol. The Morgan fingerprint density at radius 2 is 2.19 bits per heavy atom. The second-order valence-corrected chi connectivity index (χ2v) is 5.38. The van der Waals surface area contributed by atoms with Crippen molar-refractivity contribution in [1.29, 1.82) is 0 Å². The number of benzene rings is 1. The summed E-state index contributed by atoms with van der Waals surface area (Å²) in [7, 11) is 1.54. The SMILES string of the molecule is COc1ccc2ncn(C[C@@](C)(O)CCCO)c(=O)c2c1. The molecule has 6 heteroatoms. The first-order valence-corrected chi connectivity index (χ1v) is 6.83. The number of hydrogen-bond donors (Lipinski definition) is 2. The van der Waals surface area contributed by atoms with Gasteiger partial charge >= 0.3 is 0 Å². The van der Waals surface area contributed by atoms with Crippen LogP contribution in [0.5, 0.6) is 5.75 Å². The molecule has 0 unspecified atom stereocenters. The van der Waals surface area contributed by atoms with E-state index in [2.05, 4.69) is 4.98 Å². The number of hydrogen-bond acceptors (Lipinski definition) is 5. The van der Waals surface area contributed by atoms with Crippen LogP contribution in [-0.2, 0) is 6.54 Å². The van der Waals surface area contributed by atoms with Crippen LogP contribution in [0.15, 0.2) is 29.3 Å². The van der Waals surface area contributed by atoms with Gasteiger partial charge in [0.15, 0.2) is 0 Å². The Labute approximate surface area is 122 Å². The van der Waals surface area contributed by atoms with Crippen LogP contribution in [0.4, 0.5) is 0 Å². The Hall–Kier alpha value is -1.92. The highest BCUT2D eigenvalue weighted by Gasteiger charge is 2.21. The van der Waals surface area contributed by atoms with Crippen LogP contribution >= 0.6 is 0 Å². The number of rotatable bonds is 6. The number of ether oxygens (including phenoxy) is 1. The normalized spacial score (nSPS) is 14.1. The van der Waals surface area contributed by atoms with Gasteiger partial charge in [0.25, 0.3) is 5.56 Å². The van der Waals surface area contributed by atoms with Gasteiger partial charge in [-0.15, -0.1) is 0 Å².